The fourth-order valence-electron chi connectivity index (χ4n) is 2.70. The van der Waals surface area contributed by atoms with E-state index < -0.39 is 23.5 Å². The van der Waals surface area contributed by atoms with E-state index in [4.69, 9.17) is 0 Å². The molecule has 1 aromatic heterocycles. The van der Waals surface area contributed by atoms with Gasteiger partial charge in [-0.05, 0) is 5.56 Å². The normalized spacial score (nSPS) is 12.8. The Labute approximate surface area is 174 Å². The lowest BCUT2D eigenvalue weighted by atomic mass is 10.2. The van der Waals surface area contributed by atoms with Crippen molar-refractivity contribution in [3.05, 3.63) is 53.0 Å². The molecule has 3 rings (SSSR count). The van der Waals surface area contributed by atoms with Crippen molar-refractivity contribution in [1.82, 2.24) is 25.3 Å². The van der Waals surface area contributed by atoms with Crippen molar-refractivity contribution in [3.63, 3.8) is 0 Å². The van der Waals surface area contributed by atoms with Crippen molar-refractivity contribution in [2.45, 2.75) is 20.4 Å². The van der Waals surface area contributed by atoms with Gasteiger partial charge in [-0.3, -0.25) is 24.4 Å². The van der Waals surface area contributed by atoms with E-state index in [1.54, 1.807) is 14.1 Å². The average molecular weight is 414 g/mol. The molecule has 0 aliphatic carbocycles. The summed E-state index contributed by atoms with van der Waals surface area (Å²) in [6.45, 7) is 4.32. The van der Waals surface area contributed by atoms with E-state index in [9.17, 15) is 19.5 Å². The number of aromatic nitrogens is 2. The zero-order valence-electron chi connectivity index (χ0n) is 17.6. The van der Waals surface area contributed by atoms with E-state index >= 15 is 0 Å². The summed E-state index contributed by atoms with van der Waals surface area (Å²) < 4.78 is 1.20. The van der Waals surface area contributed by atoms with Gasteiger partial charge in [0.2, 0.25) is 0 Å². The van der Waals surface area contributed by atoms with Gasteiger partial charge in [-0.1, -0.05) is 44.2 Å². The maximum Gasteiger partial charge on any atom is 0.277 e. The standard InChI is InChI=1S/C18H20N6O4.C2H6/c1-23(2)18(28)13-14(25)15(22-24(13)3)20-12-11(16(26)21-17(12)27)19-9-10-7-5-4-6-8-10;1-2/h4-8,25H,9H2,1-3H3,(H3,19,20,21,22,26,27);1-2H3. The second-order valence-corrected chi connectivity index (χ2v) is 6.37. The molecule has 0 unspecified atom stereocenters. The second-order valence-electron chi connectivity index (χ2n) is 6.37. The first-order valence-electron chi connectivity index (χ1n) is 9.42. The SMILES string of the molecule is CC.CN(C)C(=O)c1c(O)c(NC2=C(NCc3ccccc3)C(=O)NC2=O)nn1C. The third kappa shape index (κ3) is 4.59. The highest BCUT2D eigenvalue weighted by molar-refractivity contribution is 6.20. The Hall–Kier alpha value is -3.82. The molecule has 160 valence electrons. The van der Waals surface area contributed by atoms with Gasteiger partial charge in [0.05, 0.1) is 0 Å². The van der Waals surface area contributed by atoms with Crippen molar-refractivity contribution in [3.8, 4) is 5.75 Å². The zero-order chi connectivity index (χ0) is 22.4. The number of anilines is 1. The van der Waals surface area contributed by atoms with E-state index in [1.807, 2.05) is 44.2 Å². The summed E-state index contributed by atoms with van der Waals surface area (Å²) in [5, 5.41) is 22.2. The summed E-state index contributed by atoms with van der Waals surface area (Å²) in [6.07, 6.45) is 0. The minimum atomic E-state index is -0.661. The van der Waals surface area contributed by atoms with Crippen molar-refractivity contribution in [2.24, 2.45) is 7.05 Å². The number of nitrogens with one attached hydrogen (secondary N) is 3. The summed E-state index contributed by atoms with van der Waals surface area (Å²) in [5.41, 5.74) is 0.815. The molecular formula is C20H26N6O4. The molecule has 0 spiro atoms. The minimum Gasteiger partial charge on any atom is -0.503 e. The summed E-state index contributed by atoms with van der Waals surface area (Å²) >= 11 is 0. The van der Waals surface area contributed by atoms with Gasteiger partial charge in [-0.25, -0.2) is 0 Å². The van der Waals surface area contributed by atoms with Crippen LogP contribution in [-0.4, -0.2) is 51.6 Å². The molecule has 10 heteroatoms. The summed E-state index contributed by atoms with van der Waals surface area (Å²) in [4.78, 5) is 37.8. The van der Waals surface area contributed by atoms with E-state index in [0.29, 0.717) is 6.54 Å². The van der Waals surface area contributed by atoms with Crippen LogP contribution in [0.3, 0.4) is 0 Å². The lowest BCUT2D eigenvalue weighted by Crippen LogP contribution is -2.27. The first-order valence-corrected chi connectivity index (χ1v) is 9.42. The number of rotatable bonds is 6. The summed E-state index contributed by atoms with van der Waals surface area (Å²) in [5.74, 6) is -2.23. The Morgan fingerprint density at radius 3 is 2.33 bits per heavy atom. The Morgan fingerprint density at radius 2 is 1.73 bits per heavy atom. The number of benzene rings is 1. The quantitative estimate of drug-likeness (QED) is 0.518. The molecule has 3 amide bonds. The van der Waals surface area contributed by atoms with Gasteiger partial charge < -0.3 is 20.6 Å². The molecule has 2 heterocycles. The molecule has 2 aromatic rings. The van der Waals surface area contributed by atoms with Gasteiger partial charge >= 0.3 is 0 Å². The van der Waals surface area contributed by atoms with Crippen LogP contribution in [0.2, 0.25) is 0 Å². The molecule has 30 heavy (non-hydrogen) atoms. The number of amides is 3. The molecule has 0 radical (unpaired) electrons. The van der Waals surface area contributed by atoms with E-state index in [1.165, 1.54) is 16.6 Å². The van der Waals surface area contributed by atoms with Gasteiger partial charge in [0.1, 0.15) is 11.4 Å². The lowest BCUT2D eigenvalue weighted by molar-refractivity contribution is -0.124. The van der Waals surface area contributed by atoms with Crippen molar-refractivity contribution in [1.29, 1.82) is 0 Å². The van der Waals surface area contributed by atoms with Crippen molar-refractivity contribution >= 4 is 23.5 Å². The van der Waals surface area contributed by atoms with E-state index in [0.717, 1.165) is 5.56 Å². The Balaban J connectivity index is 0.00000155. The van der Waals surface area contributed by atoms with Crippen LogP contribution in [0.1, 0.15) is 29.9 Å². The molecule has 1 aliphatic rings. The largest absolute Gasteiger partial charge is 0.503 e. The highest BCUT2D eigenvalue weighted by atomic mass is 16.3. The van der Waals surface area contributed by atoms with Crippen LogP contribution in [0.4, 0.5) is 5.82 Å². The molecule has 1 aromatic carbocycles. The average Bonchev–Trinajstić information content (AvgIpc) is 3.16. The number of hydrogen-bond acceptors (Lipinski definition) is 7. The molecule has 0 saturated carbocycles. The smallest absolute Gasteiger partial charge is 0.277 e. The Kier molecular flexibility index (Phi) is 7.18. The van der Waals surface area contributed by atoms with Crippen LogP contribution in [0.25, 0.3) is 0 Å². The van der Waals surface area contributed by atoms with Gasteiger partial charge in [-0.15, -0.1) is 0 Å². The van der Waals surface area contributed by atoms with Crippen LogP contribution in [-0.2, 0) is 23.2 Å². The maximum atomic E-state index is 12.2. The Bertz CT molecular complexity index is 979. The molecule has 1 aliphatic heterocycles. The predicted molar refractivity (Wildman–Crippen MR) is 111 cm³/mol. The predicted octanol–water partition coefficient (Wildman–Crippen LogP) is 0.923. The number of carbonyl (C=O) groups excluding carboxylic acids is 3. The van der Waals surface area contributed by atoms with Crippen molar-refractivity contribution in [2.75, 3.05) is 19.4 Å². The zero-order valence-corrected chi connectivity index (χ0v) is 17.6. The molecule has 0 fully saturated rings. The second kappa shape index (κ2) is 9.59. The topological polar surface area (TPSA) is 129 Å². The number of carbonyl (C=O) groups is 3. The fourth-order valence-corrected chi connectivity index (χ4v) is 2.70. The summed E-state index contributed by atoms with van der Waals surface area (Å²) in [6, 6.07) is 9.34. The van der Waals surface area contributed by atoms with Crippen LogP contribution in [0, 0.1) is 0 Å². The van der Waals surface area contributed by atoms with Gasteiger partial charge in [0.25, 0.3) is 17.7 Å². The lowest BCUT2D eigenvalue weighted by Gasteiger charge is -2.10. The van der Waals surface area contributed by atoms with Crippen LogP contribution in [0.15, 0.2) is 41.7 Å². The third-order valence-electron chi connectivity index (χ3n) is 4.12. The molecule has 0 saturated heterocycles. The number of aromatic hydroxyl groups is 1. The first-order chi connectivity index (χ1) is 14.3. The first kappa shape index (κ1) is 22.5. The molecule has 10 nitrogen and oxygen atoms in total. The van der Waals surface area contributed by atoms with E-state index in [2.05, 4.69) is 21.0 Å². The number of imide groups is 1. The van der Waals surface area contributed by atoms with Gasteiger partial charge in [0, 0.05) is 27.7 Å². The molecular weight excluding hydrogens is 388 g/mol. The number of hydrogen-bond donors (Lipinski definition) is 4. The monoisotopic (exact) mass is 414 g/mol. The van der Waals surface area contributed by atoms with Crippen LogP contribution >= 0.6 is 0 Å². The highest BCUT2D eigenvalue weighted by Crippen LogP contribution is 2.29. The molecule has 0 atom stereocenters. The minimum absolute atomic E-state index is 0.0272. The van der Waals surface area contributed by atoms with Crippen LogP contribution in [0.5, 0.6) is 5.75 Å². The summed E-state index contributed by atoms with van der Waals surface area (Å²) in [7, 11) is 4.57. The number of aryl methyl sites for hydroxylation is 1. The van der Waals surface area contributed by atoms with Crippen molar-refractivity contribution < 1.29 is 19.5 Å². The van der Waals surface area contributed by atoms with Gasteiger partial charge in [-0.2, -0.15) is 5.10 Å². The fraction of sp³-hybridized carbons (Fsp3) is 0.300. The molecule has 0 bridgehead atoms. The van der Waals surface area contributed by atoms with E-state index in [-0.39, 0.29) is 22.9 Å². The highest BCUT2D eigenvalue weighted by Gasteiger charge is 2.33. The Morgan fingerprint density at radius 1 is 1.13 bits per heavy atom. The van der Waals surface area contributed by atoms with Gasteiger partial charge in [0.15, 0.2) is 17.3 Å². The maximum absolute atomic E-state index is 12.2. The molecule has 4 N–H and O–H groups in total. The third-order valence-corrected chi connectivity index (χ3v) is 4.12. The van der Waals surface area contributed by atoms with Crippen LogP contribution < -0.4 is 16.0 Å². The number of nitrogens with zero attached hydrogens (tertiary/aromatic N) is 3.